The third kappa shape index (κ3) is 6.41. The van der Waals surface area contributed by atoms with Gasteiger partial charge in [0.25, 0.3) is 0 Å². The van der Waals surface area contributed by atoms with Gasteiger partial charge in [0.05, 0.1) is 11.4 Å². The lowest BCUT2D eigenvalue weighted by atomic mass is 10.1. The van der Waals surface area contributed by atoms with Gasteiger partial charge in [-0.15, -0.1) is 0 Å². The van der Waals surface area contributed by atoms with Gasteiger partial charge in [-0.1, -0.05) is 48.0 Å². The Morgan fingerprint density at radius 3 is 2.10 bits per heavy atom. The predicted molar refractivity (Wildman–Crippen MR) is 130 cm³/mol. The lowest BCUT2D eigenvalue weighted by Gasteiger charge is -2.30. The number of nitrogens with zero attached hydrogens (tertiary/aromatic N) is 2. The molecule has 0 radical (unpaired) electrons. The maximum absolute atomic E-state index is 10.9. The van der Waals surface area contributed by atoms with Gasteiger partial charge in [-0.2, -0.15) is 0 Å². The summed E-state index contributed by atoms with van der Waals surface area (Å²) in [5.74, 6) is -0.252. The number of aliphatic hydroxyl groups excluding tert-OH is 1. The smallest absolute Gasteiger partial charge is 0.188 e. The number of fused-ring (bicyclic) bond motifs is 1. The summed E-state index contributed by atoms with van der Waals surface area (Å²) in [5.41, 5.74) is 0. The number of ether oxygens (including phenoxy) is 3. The van der Waals surface area contributed by atoms with Crippen molar-refractivity contribution < 1.29 is 19.3 Å². The SMILES string of the molecule is CCN(CC)C(=S)SC[C@H](O)[C@H]1O[C@@H]2OC(C)(C)O[C@@H]2[C@H]1SC(=S)N(CC)CC. The van der Waals surface area contributed by atoms with E-state index in [0.29, 0.717) is 5.75 Å². The summed E-state index contributed by atoms with van der Waals surface area (Å²) in [7, 11) is 0. The molecule has 6 nitrogen and oxygen atoms in total. The molecule has 2 rings (SSSR count). The Bertz CT molecular complexity index is 572. The maximum atomic E-state index is 10.9. The zero-order valence-corrected chi connectivity index (χ0v) is 21.4. The van der Waals surface area contributed by atoms with Crippen LogP contribution in [0.3, 0.4) is 0 Å². The Labute approximate surface area is 194 Å². The van der Waals surface area contributed by atoms with Gasteiger partial charge in [0, 0.05) is 31.9 Å². The van der Waals surface area contributed by atoms with Gasteiger partial charge in [-0.3, -0.25) is 0 Å². The summed E-state index contributed by atoms with van der Waals surface area (Å²) < 4.78 is 19.7. The van der Waals surface area contributed by atoms with Crippen LogP contribution in [0, 0.1) is 0 Å². The van der Waals surface area contributed by atoms with E-state index in [0.717, 1.165) is 34.8 Å². The molecule has 29 heavy (non-hydrogen) atoms. The Morgan fingerprint density at radius 1 is 1.00 bits per heavy atom. The minimum absolute atomic E-state index is 0.146. The van der Waals surface area contributed by atoms with E-state index in [1.165, 1.54) is 11.8 Å². The maximum Gasteiger partial charge on any atom is 0.188 e. The first kappa shape index (κ1) is 25.6. The van der Waals surface area contributed by atoms with Crippen molar-refractivity contribution in [2.45, 2.75) is 77.2 Å². The molecule has 1 N–H and O–H groups in total. The molecule has 168 valence electrons. The second-order valence-corrected chi connectivity index (χ2v) is 10.9. The Balaban J connectivity index is 2.08. The van der Waals surface area contributed by atoms with Crippen LogP contribution in [0.4, 0.5) is 0 Å². The van der Waals surface area contributed by atoms with E-state index in [4.69, 9.17) is 38.6 Å². The van der Waals surface area contributed by atoms with Crippen LogP contribution in [0.25, 0.3) is 0 Å². The normalized spacial score (nSPS) is 28.8. The molecular weight excluding hydrogens is 448 g/mol. The highest BCUT2D eigenvalue weighted by atomic mass is 32.2. The van der Waals surface area contributed by atoms with Crippen molar-refractivity contribution in [3.8, 4) is 0 Å². The molecule has 2 aliphatic heterocycles. The summed E-state index contributed by atoms with van der Waals surface area (Å²) in [6, 6.07) is 0. The summed E-state index contributed by atoms with van der Waals surface area (Å²) in [6.45, 7) is 15.5. The van der Waals surface area contributed by atoms with E-state index >= 15 is 0 Å². The number of thioether (sulfide) groups is 2. The number of hydrogen-bond acceptors (Lipinski definition) is 8. The van der Waals surface area contributed by atoms with Crippen LogP contribution in [-0.2, 0) is 14.2 Å². The molecule has 0 amide bonds. The average Bonchev–Trinajstić information content (AvgIpc) is 3.14. The molecule has 10 heteroatoms. The second kappa shape index (κ2) is 11.3. The van der Waals surface area contributed by atoms with Crippen molar-refractivity contribution in [3.63, 3.8) is 0 Å². The van der Waals surface area contributed by atoms with Crippen LogP contribution >= 0.6 is 48.0 Å². The first-order valence-corrected chi connectivity index (χ1v) is 12.9. The molecule has 0 aromatic rings. The molecule has 0 spiro atoms. The second-order valence-electron chi connectivity index (χ2n) is 7.41. The number of hydrogen-bond donors (Lipinski definition) is 1. The number of aliphatic hydroxyl groups is 1. The van der Waals surface area contributed by atoms with Crippen molar-refractivity contribution in [1.29, 1.82) is 0 Å². The quantitative estimate of drug-likeness (QED) is 0.522. The van der Waals surface area contributed by atoms with E-state index in [-0.39, 0.29) is 11.4 Å². The molecule has 0 aromatic carbocycles. The van der Waals surface area contributed by atoms with Gasteiger partial charge in [0.2, 0.25) is 0 Å². The fourth-order valence-corrected chi connectivity index (χ4v) is 6.78. The Hall–Kier alpha value is 0.320. The highest BCUT2D eigenvalue weighted by Gasteiger charge is 2.57. The van der Waals surface area contributed by atoms with Crippen molar-refractivity contribution in [3.05, 3.63) is 0 Å². The minimum Gasteiger partial charge on any atom is -0.389 e. The van der Waals surface area contributed by atoms with Crippen molar-refractivity contribution in [2.24, 2.45) is 0 Å². The molecule has 0 saturated carbocycles. The lowest BCUT2D eigenvalue weighted by molar-refractivity contribution is -0.211. The Kier molecular flexibility index (Phi) is 9.94. The average molecular weight is 483 g/mol. The first-order valence-electron chi connectivity index (χ1n) is 10.2. The number of thiocarbonyl (C=S) groups is 2. The van der Waals surface area contributed by atoms with Gasteiger partial charge >= 0.3 is 0 Å². The van der Waals surface area contributed by atoms with Crippen LogP contribution in [-0.4, -0.2) is 91.1 Å². The monoisotopic (exact) mass is 482 g/mol. The molecule has 2 fully saturated rings. The molecular formula is C19H34N2O4S4. The first-order chi connectivity index (χ1) is 13.7. The van der Waals surface area contributed by atoms with E-state index < -0.39 is 24.3 Å². The van der Waals surface area contributed by atoms with Crippen LogP contribution in [0.5, 0.6) is 0 Å². The summed E-state index contributed by atoms with van der Waals surface area (Å²) in [6.07, 6.45) is -1.91. The van der Waals surface area contributed by atoms with Gasteiger partial charge in [-0.05, 0) is 41.5 Å². The van der Waals surface area contributed by atoms with E-state index in [1.807, 2.05) is 13.8 Å². The zero-order chi connectivity index (χ0) is 21.8. The van der Waals surface area contributed by atoms with Crippen molar-refractivity contribution in [2.75, 3.05) is 31.9 Å². The van der Waals surface area contributed by atoms with Crippen LogP contribution in [0.15, 0.2) is 0 Å². The van der Waals surface area contributed by atoms with E-state index in [1.54, 1.807) is 11.8 Å². The van der Waals surface area contributed by atoms with Crippen LogP contribution < -0.4 is 0 Å². The minimum atomic E-state index is -0.708. The lowest BCUT2D eigenvalue weighted by Crippen LogP contribution is -2.42. The third-order valence-electron chi connectivity index (χ3n) is 5.06. The van der Waals surface area contributed by atoms with Crippen molar-refractivity contribution in [1.82, 2.24) is 9.80 Å². The van der Waals surface area contributed by atoms with E-state index in [9.17, 15) is 5.11 Å². The molecule has 0 bridgehead atoms. The van der Waals surface area contributed by atoms with Crippen LogP contribution in [0.2, 0.25) is 0 Å². The molecule has 2 saturated heterocycles. The van der Waals surface area contributed by atoms with E-state index in [2.05, 4.69) is 37.5 Å². The predicted octanol–water partition coefficient (Wildman–Crippen LogP) is 3.31. The Morgan fingerprint density at radius 2 is 1.55 bits per heavy atom. The van der Waals surface area contributed by atoms with Gasteiger partial charge in [-0.25, -0.2) is 0 Å². The van der Waals surface area contributed by atoms with Crippen LogP contribution in [0.1, 0.15) is 41.5 Å². The zero-order valence-electron chi connectivity index (χ0n) is 18.1. The molecule has 5 atom stereocenters. The third-order valence-corrected chi connectivity index (χ3v) is 8.50. The number of rotatable bonds is 8. The largest absolute Gasteiger partial charge is 0.389 e. The highest BCUT2D eigenvalue weighted by molar-refractivity contribution is 8.23. The molecule has 0 unspecified atom stereocenters. The fourth-order valence-electron chi connectivity index (χ4n) is 3.45. The standard InChI is InChI=1S/C19H34N2O4S4/c1-7-20(8-2)17(26)28-11-12(22)13-15(29-18(27)21(9-3)10-4)14-16(23-13)25-19(5,6)24-14/h12-16,22H,7-11H2,1-6H3/t12-,13+,14+,15-,16+/m0/s1. The van der Waals surface area contributed by atoms with Crippen molar-refractivity contribution >= 4 is 56.6 Å². The highest BCUT2D eigenvalue weighted by Crippen LogP contribution is 2.44. The summed E-state index contributed by atoms with van der Waals surface area (Å²) in [4.78, 5) is 4.23. The molecule has 2 heterocycles. The topological polar surface area (TPSA) is 54.4 Å². The molecule has 0 aliphatic carbocycles. The summed E-state index contributed by atoms with van der Waals surface area (Å²) in [5, 5.41) is 10.8. The van der Waals surface area contributed by atoms with Gasteiger partial charge in [0.15, 0.2) is 12.1 Å². The molecule has 2 aliphatic rings. The fraction of sp³-hybridized carbons (Fsp3) is 0.895. The van der Waals surface area contributed by atoms with Gasteiger partial charge in [0.1, 0.15) is 20.8 Å². The summed E-state index contributed by atoms with van der Waals surface area (Å²) >= 11 is 14.2. The molecule has 0 aromatic heterocycles. The van der Waals surface area contributed by atoms with Gasteiger partial charge < -0.3 is 29.1 Å².